The first-order chi connectivity index (χ1) is 11.1. The average Bonchev–Trinajstić information content (AvgIpc) is 2.90. The van der Waals surface area contributed by atoms with Gasteiger partial charge in [-0.15, -0.1) is 0 Å². The Morgan fingerprint density at radius 3 is 2.83 bits per heavy atom. The zero-order valence-electron chi connectivity index (χ0n) is 14.4. The minimum Gasteiger partial charge on any atom is -0.494 e. The van der Waals surface area contributed by atoms with E-state index >= 15 is 0 Å². The van der Waals surface area contributed by atoms with E-state index in [0.717, 1.165) is 50.9 Å². The van der Waals surface area contributed by atoms with Crippen LogP contribution < -0.4 is 10.5 Å². The molecule has 23 heavy (non-hydrogen) atoms. The van der Waals surface area contributed by atoms with E-state index in [9.17, 15) is 4.79 Å². The molecule has 128 valence electrons. The van der Waals surface area contributed by atoms with E-state index in [2.05, 4.69) is 19.1 Å². The number of rotatable bonds is 9. The Hall–Kier alpha value is -1.55. The molecule has 0 spiro atoms. The van der Waals surface area contributed by atoms with E-state index in [1.807, 2.05) is 6.92 Å². The molecule has 0 radical (unpaired) electrons. The molecule has 0 aliphatic heterocycles. The molecular formula is C19H29NO3. The van der Waals surface area contributed by atoms with Gasteiger partial charge in [-0.25, -0.2) is 0 Å². The molecule has 0 saturated carbocycles. The van der Waals surface area contributed by atoms with E-state index in [-0.39, 0.29) is 12.0 Å². The summed E-state index contributed by atoms with van der Waals surface area (Å²) in [6.07, 6.45) is 6.22. The standard InChI is InChI=1S/C19H29NO3/c1-3-9-23-17-11-14(7-5-6-8-19(21)22-4-2)18-13-16(20)10-15(18)12-17/h11-12,16H,3-10,13,20H2,1-2H3. The van der Waals surface area contributed by atoms with Crippen molar-refractivity contribution in [3.05, 3.63) is 28.8 Å². The van der Waals surface area contributed by atoms with Crippen LogP contribution in [-0.4, -0.2) is 25.2 Å². The summed E-state index contributed by atoms with van der Waals surface area (Å²) < 4.78 is 10.8. The van der Waals surface area contributed by atoms with Gasteiger partial charge in [0.1, 0.15) is 5.75 Å². The van der Waals surface area contributed by atoms with E-state index in [1.54, 1.807) is 0 Å². The quantitative estimate of drug-likeness (QED) is 0.561. The van der Waals surface area contributed by atoms with E-state index < -0.39 is 0 Å². The Kier molecular flexibility index (Phi) is 6.90. The minimum absolute atomic E-state index is 0.0974. The van der Waals surface area contributed by atoms with Crippen LogP contribution in [0.4, 0.5) is 0 Å². The van der Waals surface area contributed by atoms with Gasteiger partial charge in [0.25, 0.3) is 0 Å². The highest BCUT2D eigenvalue weighted by Gasteiger charge is 2.22. The maximum absolute atomic E-state index is 11.4. The molecule has 1 aromatic rings. The van der Waals surface area contributed by atoms with Gasteiger partial charge in [-0.05, 0) is 74.3 Å². The lowest BCUT2D eigenvalue weighted by atomic mass is 9.97. The Morgan fingerprint density at radius 1 is 1.26 bits per heavy atom. The van der Waals surface area contributed by atoms with Gasteiger partial charge < -0.3 is 15.2 Å². The summed E-state index contributed by atoms with van der Waals surface area (Å²) in [7, 11) is 0. The Bertz CT molecular complexity index is 528. The Labute approximate surface area is 139 Å². The molecule has 4 heteroatoms. The molecule has 0 saturated heterocycles. The van der Waals surface area contributed by atoms with Crippen molar-refractivity contribution in [1.29, 1.82) is 0 Å². The maximum Gasteiger partial charge on any atom is 0.305 e. The van der Waals surface area contributed by atoms with Crippen molar-refractivity contribution in [3.63, 3.8) is 0 Å². The maximum atomic E-state index is 11.4. The first kappa shape index (κ1) is 17.8. The summed E-state index contributed by atoms with van der Waals surface area (Å²) in [5.74, 6) is 0.861. The monoisotopic (exact) mass is 319 g/mol. The van der Waals surface area contributed by atoms with E-state index in [1.165, 1.54) is 16.7 Å². The van der Waals surface area contributed by atoms with Crippen LogP contribution in [-0.2, 0) is 28.8 Å². The SMILES string of the molecule is CCCOc1cc(CCCCC(=O)OCC)c2c(c1)CC(N)C2. The largest absolute Gasteiger partial charge is 0.494 e. The van der Waals surface area contributed by atoms with Gasteiger partial charge in [-0.1, -0.05) is 6.92 Å². The highest BCUT2D eigenvalue weighted by atomic mass is 16.5. The average molecular weight is 319 g/mol. The lowest BCUT2D eigenvalue weighted by Crippen LogP contribution is -2.19. The van der Waals surface area contributed by atoms with Crippen LogP contribution in [0.3, 0.4) is 0 Å². The van der Waals surface area contributed by atoms with Crippen LogP contribution in [0.15, 0.2) is 12.1 Å². The first-order valence-corrected chi connectivity index (χ1v) is 8.82. The second kappa shape index (κ2) is 8.92. The number of aryl methyl sites for hydroxylation is 1. The number of fused-ring (bicyclic) bond motifs is 1. The lowest BCUT2D eigenvalue weighted by Gasteiger charge is -2.13. The summed E-state index contributed by atoms with van der Waals surface area (Å²) in [6.45, 7) is 5.15. The van der Waals surface area contributed by atoms with Crippen molar-refractivity contribution in [1.82, 2.24) is 0 Å². The zero-order valence-corrected chi connectivity index (χ0v) is 14.4. The van der Waals surface area contributed by atoms with Crippen molar-refractivity contribution >= 4 is 5.97 Å². The van der Waals surface area contributed by atoms with Crippen LogP contribution in [0.25, 0.3) is 0 Å². The third-order valence-electron chi connectivity index (χ3n) is 4.21. The van der Waals surface area contributed by atoms with Gasteiger partial charge >= 0.3 is 5.97 Å². The van der Waals surface area contributed by atoms with Gasteiger partial charge in [-0.2, -0.15) is 0 Å². The van der Waals surface area contributed by atoms with Gasteiger partial charge in [0, 0.05) is 12.5 Å². The van der Waals surface area contributed by atoms with Gasteiger partial charge in [-0.3, -0.25) is 4.79 Å². The summed E-state index contributed by atoms with van der Waals surface area (Å²) in [6, 6.07) is 4.54. The molecule has 1 aromatic carbocycles. The second-order valence-electron chi connectivity index (χ2n) is 6.25. The Morgan fingerprint density at radius 2 is 2.09 bits per heavy atom. The Balaban J connectivity index is 1.96. The van der Waals surface area contributed by atoms with Gasteiger partial charge in [0.05, 0.1) is 13.2 Å². The zero-order chi connectivity index (χ0) is 16.7. The molecule has 0 bridgehead atoms. The number of ether oxygens (including phenoxy) is 2. The van der Waals surface area contributed by atoms with Crippen LogP contribution in [0.1, 0.15) is 56.2 Å². The smallest absolute Gasteiger partial charge is 0.305 e. The number of benzene rings is 1. The molecule has 0 heterocycles. The predicted octanol–water partition coefficient (Wildman–Crippen LogP) is 3.18. The van der Waals surface area contributed by atoms with Gasteiger partial charge in [0.2, 0.25) is 0 Å². The minimum atomic E-state index is -0.0974. The summed E-state index contributed by atoms with van der Waals surface area (Å²) in [5, 5.41) is 0. The van der Waals surface area contributed by atoms with Crippen LogP contribution >= 0.6 is 0 Å². The molecule has 0 amide bonds. The highest BCUT2D eigenvalue weighted by Crippen LogP contribution is 2.31. The van der Waals surface area contributed by atoms with Crippen molar-refractivity contribution < 1.29 is 14.3 Å². The number of unbranched alkanes of at least 4 members (excludes halogenated alkanes) is 1. The number of nitrogens with two attached hydrogens (primary N) is 1. The van der Waals surface area contributed by atoms with Gasteiger partial charge in [0.15, 0.2) is 0 Å². The molecule has 2 N–H and O–H groups in total. The fourth-order valence-electron chi connectivity index (χ4n) is 3.17. The normalized spacial score (nSPS) is 16.2. The highest BCUT2D eigenvalue weighted by molar-refractivity contribution is 5.69. The molecule has 4 nitrogen and oxygen atoms in total. The molecule has 0 fully saturated rings. The van der Waals surface area contributed by atoms with E-state index in [4.69, 9.17) is 15.2 Å². The van der Waals surface area contributed by atoms with Crippen LogP contribution in [0.2, 0.25) is 0 Å². The lowest BCUT2D eigenvalue weighted by molar-refractivity contribution is -0.143. The number of hydrogen-bond donors (Lipinski definition) is 1. The van der Waals surface area contributed by atoms with Crippen LogP contribution in [0, 0.1) is 0 Å². The summed E-state index contributed by atoms with van der Waals surface area (Å²) >= 11 is 0. The first-order valence-electron chi connectivity index (χ1n) is 8.82. The number of carbonyl (C=O) groups is 1. The number of esters is 1. The molecule has 1 atom stereocenters. The third kappa shape index (κ3) is 5.24. The number of hydrogen-bond acceptors (Lipinski definition) is 4. The molecule has 0 aromatic heterocycles. The summed E-state index contributed by atoms with van der Waals surface area (Å²) in [4.78, 5) is 11.4. The fraction of sp³-hybridized carbons (Fsp3) is 0.632. The van der Waals surface area contributed by atoms with Crippen molar-refractivity contribution in [2.45, 2.75) is 64.8 Å². The number of carbonyl (C=O) groups excluding carboxylic acids is 1. The summed E-state index contributed by atoms with van der Waals surface area (Å²) in [5.41, 5.74) is 10.2. The van der Waals surface area contributed by atoms with Crippen molar-refractivity contribution in [2.75, 3.05) is 13.2 Å². The molecule has 1 aliphatic rings. The predicted molar refractivity (Wildman–Crippen MR) is 91.8 cm³/mol. The molecule has 2 rings (SSSR count). The fourth-order valence-corrected chi connectivity index (χ4v) is 3.17. The molecular weight excluding hydrogens is 290 g/mol. The topological polar surface area (TPSA) is 61.5 Å². The molecule has 1 aliphatic carbocycles. The van der Waals surface area contributed by atoms with Crippen molar-refractivity contribution in [3.8, 4) is 5.75 Å². The van der Waals surface area contributed by atoms with Crippen molar-refractivity contribution in [2.24, 2.45) is 5.73 Å². The van der Waals surface area contributed by atoms with Crippen LogP contribution in [0.5, 0.6) is 5.75 Å². The van der Waals surface area contributed by atoms with E-state index in [0.29, 0.717) is 13.0 Å². The second-order valence-corrected chi connectivity index (χ2v) is 6.25. The third-order valence-corrected chi connectivity index (χ3v) is 4.21. The molecule has 1 unspecified atom stereocenters.